The van der Waals surface area contributed by atoms with Crippen LogP contribution in [0.2, 0.25) is 0 Å². The molecule has 2 unspecified atom stereocenters. The van der Waals surface area contributed by atoms with Crippen molar-refractivity contribution in [3.63, 3.8) is 0 Å². The molecular formula is C20H26N4O3. The summed E-state index contributed by atoms with van der Waals surface area (Å²) in [5, 5.41) is 37.4. The Balaban J connectivity index is 1.42. The van der Waals surface area contributed by atoms with Gasteiger partial charge in [0.15, 0.2) is 12.0 Å². The van der Waals surface area contributed by atoms with E-state index >= 15 is 0 Å². The summed E-state index contributed by atoms with van der Waals surface area (Å²) >= 11 is 0. The van der Waals surface area contributed by atoms with E-state index in [0.717, 1.165) is 31.2 Å². The molecule has 0 saturated heterocycles. The predicted octanol–water partition coefficient (Wildman–Crippen LogP) is 2.20. The second kappa shape index (κ2) is 8.94. The minimum absolute atomic E-state index is 0.222. The zero-order valence-electron chi connectivity index (χ0n) is 15.3. The molecule has 1 fully saturated rings. The number of aliphatic hydroxyl groups is 2. The summed E-state index contributed by atoms with van der Waals surface area (Å²) in [4.78, 5) is 0. The molecule has 1 heterocycles. The van der Waals surface area contributed by atoms with Crippen LogP contribution >= 0.6 is 0 Å². The maximum atomic E-state index is 10.3. The van der Waals surface area contributed by atoms with E-state index in [1.165, 1.54) is 0 Å². The Morgan fingerprint density at radius 2 is 2.07 bits per heavy atom. The second-order valence-electron chi connectivity index (χ2n) is 6.96. The van der Waals surface area contributed by atoms with E-state index in [0.29, 0.717) is 22.9 Å². The van der Waals surface area contributed by atoms with E-state index in [4.69, 9.17) is 9.93 Å². The molecule has 144 valence electrons. The summed E-state index contributed by atoms with van der Waals surface area (Å²) in [6.45, 7) is 2.41. The standard InChI is InChI=1S/C20H26N4O3/c1-13(25)16(10-21)12-22-11-14-7-17(8-14)23-20(26)19-9-18(24-27-19)15-5-3-2-4-6-15/h2-6,9-10,12-14,17,20-23,25-26H,7-8,11H2,1H3/b16-12+,21-10?/t13?,14-,17-,20?. The lowest BCUT2D eigenvalue weighted by atomic mass is 9.80. The van der Waals surface area contributed by atoms with Crippen LogP contribution in [0.1, 0.15) is 31.8 Å². The first-order valence-electron chi connectivity index (χ1n) is 9.15. The van der Waals surface area contributed by atoms with Crippen LogP contribution in [0.5, 0.6) is 0 Å². The topological polar surface area (TPSA) is 114 Å². The highest BCUT2D eigenvalue weighted by molar-refractivity contribution is 5.76. The lowest BCUT2D eigenvalue weighted by Crippen LogP contribution is -2.45. The van der Waals surface area contributed by atoms with Crippen molar-refractivity contribution < 1.29 is 14.7 Å². The molecule has 0 spiro atoms. The molecule has 1 aliphatic carbocycles. The fourth-order valence-electron chi connectivity index (χ4n) is 3.13. The normalized spacial score (nSPS) is 22.0. The van der Waals surface area contributed by atoms with Crippen LogP contribution in [-0.4, -0.2) is 40.3 Å². The molecule has 27 heavy (non-hydrogen) atoms. The van der Waals surface area contributed by atoms with Gasteiger partial charge in [0.2, 0.25) is 0 Å². The molecule has 1 saturated carbocycles. The highest BCUT2D eigenvalue weighted by atomic mass is 16.5. The molecule has 7 nitrogen and oxygen atoms in total. The molecule has 3 rings (SSSR count). The average molecular weight is 370 g/mol. The zero-order valence-corrected chi connectivity index (χ0v) is 15.3. The van der Waals surface area contributed by atoms with Gasteiger partial charge in [-0.05, 0) is 25.7 Å². The smallest absolute Gasteiger partial charge is 0.180 e. The van der Waals surface area contributed by atoms with Gasteiger partial charge in [0.05, 0.1) is 6.10 Å². The largest absolute Gasteiger partial charge is 0.390 e. The van der Waals surface area contributed by atoms with Gasteiger partial charge in [-0.2, -0.15) is 0 Å². The van der Waals surface area contributed by atoms with E-state index < -0.39 is 12.3 Å². The molecule has 0 radical (unpaired) electrons. The number of hydrogen-bond acceptors (Lipinski definition) is 7. The number of aliphatic hydroxyl groups excluding tert-OH is 2. The minimum atomic E-state index is -0.881. The van der Waals surface area contributed by atoms with E-state index in [-0.39, 0.29) is 6.04 Å². The molecule has 5 N–H and O–H groups in total. The van der Waals surface area contributed by atoms with Crippen molar-refractivity contribution in [1.82, 2.24) is 15.8 Å². The molecular weight excluding hydrogens is 344 g/mol. The molecule has 1 aromatic heterocycles. The summed E-state index contributed by atoms with van der Waals surface area (Å²) in [5.41, 5.74) is 2.21. The van der Waals surface area contributed by atoms with Crippen molar-refractivity contribution in [3.8, 4) is 11.3 Å². The van der Waals surface area contributed by atoms with Crippen molar-refractivity contribution in [3.05, 3.63) is 53.9 Å². The van der Waals surface area contributed by atoms with Gasteiger partial charge in [-0.15, -0.1) is 0 Å². The van der Waals surface area contributed by atoms with Gasteiger partial charge in [0.25, 0.3) is 0 Å². The maximum Gasteiger partial charge on any atom is 0.180 e. The SMILES string of the molecule is CC(O)/C(C=N)=C/NC[C@H]1C[C@H](NC(O)c2cc(-c3ccccc3)no2)C1. The van der Waals surface area contributed by atoms with Crippen molar-refractivity contribution in [2.75, 3.05) is 6.54 Å². The summed E-state index contributed by atoms with van der Waals surface area (Å²) in [6, 6.07) is 11.7. The van der Waals surface area contributed by atoms with E-state index in [9.17, 15) is 10.2 Å². The van der Waals surface area contributed by atoms with E-state index in [1.807, 2.05) is 30.3 Å². The first-order chi connectivity index (χ1) is 13.1. The lowest BCUT2D eigenvalue weighted by Gasteiger charge is -2.37. The molecule has 0 amide bonds. The first kappa shape index (κ1) is 19.3. The molecule has 2 aromatic rings. The Bertz CT molecular complexity index is 767. The summed E-state index contributed by atoms with van der Waals surface area (Å²) in [7, 11) is 0. The van der Waals surface area contributed by atoms with Crippen LogP contribution < -0.4 is 10.6 Å². The van der Waals surface area contributed by atoms with Crippen LogP contribution in [-0.2, 0) is 0 Å². The molecule has 0 bridgehead atoms. The van der Waals surface area contributed by atoms with Gasteiger partial charge in [0.1, 0.15) is 5.69 Å². The Morgan fingerprint density at radius 1 is 1.33 bits per heavy atom. The van der Waals surface area contributed by atoms with Crippen molar-refractivity contribution in [1.29, 1.82) is 5.41 Å². The van der Waals surface area contributed by atoms with Gasteiger partial charge in [-0.1, -0.05) is 35.5 Å². The number of nitrogens with zero attached hydrogens (tertiary/aromatic N) is 1. The molecule has 7 heteroatoms. The molecule has 1 aliphatic rings. The fourth-order valence-corrected chi connectivity index (χ4v) is 3.13. The Kier molecular flexibility index (Phi) is 6.39. The van der Waals surface area contributed by atoms with Crippen LogP contribution in [0.4, 0.5) is 0 Å². The van der Waals surface area contributed by atoms with Gasteiger partial charge >= 0.3 is 0 Å². The molecule has 1 aromatic carbocycles. The summed E-state index contributed by atoms with van der Waals surface area (Å²) in [6.07, 6.45) is 3.18. The summed E-state index contributed by atoms with van der Waals surface area (Å²) < 4.78 is 5.28. The molecule has 0 aliphatic heterocycles. The number of rotatable bonds is 9. The average Bonchev–Trinajstić information content (AvgIpc) is 3.13. The highest BCUT2D eigenvalue weighted by Crippen LogP contribution is 2.29. The van der Waals surface area contributed by atoms with E-state index in [1.54, 1.807) is 19.2 Å². The number of aromatic nitrogens is 1. The lowest BCUT2D eigenvalue weighted by molar-refractivity contribution is 0.0632. The third-order valence-electron chi connectivity index (χ3n) is 4.82. The van der Waals surface area contributed by atoms with Crippen LogP contribution in [0.15, 0.2) is 52.7 Å². The number of hydrogen-bond donors (Lipinski definition) is 5. The molecule has 2 atom stereocenters. The number of benzene rings is 1. The quantitative estimate of drug-likeness (QED) is 0.341. The minimum Gasteiger partial charge on any atom is -0.390 e. The highest BCUT2D eigenvalue weighted by Gasteiger charge is 2.31. The fraction of sp³-hybridized carbons (Fsp3) is 0.400. The van der Waals surface area contributed by atoms with Gasteiger partial charge in [-0.25, -0.2) is 0 Å². The van der Waals surface area contributed by atoms with E-state index in [2.05, 4.69) is 15.8 Å². The maximum absolute atomic E-state index is 10.3. The first-order valence-corrected chi connectivity index (χ1v) is 9.15. The van der Waals surface area contributed by atoms with Crippen molar-refractivity contribution >= 4 is 6.21 Å². The summed E-state index contributed by atoms with van der Waals surface area (Å²) in [5.74, 6) is 0.896. The van der Waals surface area contributed by atoms with Crippen LogP contribution in [0.25, 0.3) is 11.3 Å². The third kappa shape index (κ3) is 5.03. The van der Waals surface area contributed by atoms with Crippen LogP contribution in [0.3, 0.4) is 0 Å². The van der Waals surface area contributed by atoms with Gasteiger partial charge < -0.3 is 25.5 Å². The van der Waals surface area contributed by atoms with Gasteiger partial charge in [0, 0.05) is 42.2 Å². The van der Waals surface area contributed by atoms with Crippen molar-refractivity contribution in [2.45, 2.75) is 38.1 Å². The van der Waals surface area contributed by atoms with Crippen molar-refractivity contribution in [2.24, 2.45) is 5.92 Å². The Hall–Kier alpha value is -2.48. The Morgan fingerprint density at radius 3 is 2.74 bits per heavy atom. The predicted molar refractivity (Wildman–Crippen MR) is 103 cm³/mol. The third-order valence-corrected chi connectivity index (χ3v) is 4.82. The Labute approximate surface area is 158 Å². The second-order valence-corrected chi connectivity index (χ2v) is 6.96. The van der Waals surface area contributed by atoms with Gasteiger partial charge in [-0.3, -0.25) is 5.32 Å². The monoisotopic (exact) mass is 370 g/mol. The zero-order chi connectivity index (χ0) is 19.2. The number of nitrogens with one attached hydrogen (secondary N) is 3. The van der Waals surface area contributed by atoms with Crippen LogP contribution in [0, 0.1) is 11.3 Å².